The van der Waals surface area contributed by atoms with Crippen molar-refractivity contribution >= 4 is 29.3 Å². The molecule has 1 amide bonds. The van der Waals surface area contributed by atoms with Gasteiger partial charge in [0.15, 0.2) is 11.5 Å². The van der Waals surface area contributed by atoms with Gasteiger partial charge in [-0.2, -0.15) is 0 Å². The number of methoxy groups -OCH3 is 1. The molecule has 154 valence electrons. The van der Waals surface area contributed by atoms with E-state index >= 15 is 0 Å². The van der Waals surface area contributed by atoms with Crippen molar-refractivity contribution in [1.82, 2.24) is 4.90 Å². The van der Waals surface area contributed by atoms with Crippen LogP contribution in [-0.4, -0.2) is 30.2 Å². The molecule has 1 heterocycles. The Morgan fingerprint density at radius 2 is 1.83 bits per heavy atom. The molecule has 0 aromatic heterocycles. The lowest BCUT2D eigenvalue weighted by Gasteiger charge is -2.25. The molecule has 1 fully saturated rings. The van der Waals surface area contributed by atoms with Crippen LogP contribution >= 0.6 is 23.4 Å². The number of hydrogen-bond donors (Lipinski definition) is 0. The number of halogens is 1. The summed E-state index contributed by atoms with van der Waals surface area (Å²) in [6.45, 7) is 1.12. The van der Waals surface area contributed by atoms with Gasteiger partial charge in [-0.3, -0.25) is 4.79 Å². The normalized spacial score (nSPS) is 15.8. The number of nitrogens with zero attached hydrogens (tertiary/aromatic N) is 1. The molecular weight excluding hydrogens is 418 g/mol. The van der Waals surface area contributed by atoms with Gasteiger partial charge in [-0.1, -0.05) is 60.1 Å². The summed E-state index contributed by atoms with van der Waals surface area (Å²) in [5.74, 6) is 2.14. The smallest absolute Gasteiger partial charge is 0.256 e. The second-order valence-electron chi connectivity index (χ2n) is 6.89. The minimum Gasteiger partial charge on any atom is -0.493 e. The molecule has 0 spiro atoms. The zero-order chi connectivity index (χ0) is 20.9. The summed E-state index contributed by atoms with van der Waals surface area (Å²) in [5, 5.41) is 0.374. The predicted octanol–water partition coefficient (Wildman–Crippen LogP) is 5.82. The largest absolute Gasteiger partial charge is 0.493 e. The van der Waals surface area contributed by atoms with Crippen molar-refractivity contribution in [2.45, 2.75) is 12.0 Å². The zero-order valence-electron chi connectivity index (χ0n) is 16.6. The summed E-state index contributed by atoms with van der Waals surface area (Å²) in [6, 6.07) is 23.0. The van der Waals surface area contributed by atoms with E-state index in [0.29, 0.717) is 35.2 Å². The summed E-state index contributed by atoms with van der Waals surface area (Å²) >= 11 is 8.00. The number of rotatable bonds is 6. The third-order valence-corrected chi connectivity index (χ3v) is 6.56. The van der Waals surface area contributed by atoms with E-state index in [9.17, 15) is 4.79 Å². The molecule has 1 unspecified atom stereocenters. The first-order chi connectivity index (χ1) is 14.7. The molecule has 4 rings (SSSR count). The van der Waals surface area contributed by atoms with Gasteiger partial charge in [-0.25, -0.2) is 0 Å². The van der Waals surface area contributed by atoms with E-state index in [-0.39, 0.29) is 11.3 Å². The Morgan fingerprint density at radius 1 is 1.07 bits per heavy atom. The highest BCUT2D eigenvalue weighted by Crippen LogP contribution is 2.42. The Hall–Kier alpha value is -2.63. The van der Waals surface area contributed by atoms with E-state index < -0.39 is 0 Å². The van der Waals surface area contributed by atoms with E-state index in [4.69, 9.17) is 21.1 Å². The highest BCUT2D eigenvalue weighted by Gasteiger charge is 2.32. The Labute approximate surface area is 185 Å². The van der Waals surface area contributed by atoms with Crippen molar-refractivity contribution in [1.29, 1.82) is 0 Å². The van der Waals surface area contributed by atoms with Crippen LogP contribution in [0.3, 0.4) is 0 Å². The number of hydrogen-bond acceptors (Lipinski definition) is 4. The van der Waals surface area contributed by atoms with Gasteiger partial charge in [0, 0.05) is 12.3 Å². The molecule has 0 saturated carbocycles. The lowest BCUT2D eigenvalue weighted by atomic mass is 10.1. The fourth-order valence-corrected chi connectivity index (χ4v) is 4.90. The van der Waals surface area contributed by atoms with Crippen LogP contribution in [0.5, 0.6) is 11.5 Å². The number of carbonyl (C=O) groups excluding carboxylic acids is 1. The van der Waals surface area contributed by atoms with Gasteiger partial charge >= 0.3 is 0 Å². The first-order valence-electron chi connectivity index (χ1n) is 9.69. The minimum atomic E-state index is -0.0984. The van der Waals surface area contributed by atoms with Crippen molar-refractivity contribution in [3.05, 3.63) is 94.5 Å². The maximum Gasteiger partial charge on any atom is 0.256 e. The van der Waals surface area contributed by atoms with Gasteiger partial charge in [0.1, 0.15) is 12.0 Å². The van der Waals surface area contributed by atoms with E-state index in [1.54, 1.807) is 31.0 Å². The van der Waals surface area contributed by atoms with E-state index in [0.717, 1.165) is 16.9 Å². The molecule has 1 aliphatic rings. The molecule has 6 heteroatoms. The molecule has 30 heavy (non-hydrogen) atoms. The molecule has 3 aromatic carbocycles. The zero-order valence-corrected chi connectivity index (χ0v) is 18.2. The van der Waals surface area contributed by atoms with E-state index in [2.05, 4.69) is 0 Å². The van der Waals surface area contributed by atoms with Crippen LogP contribution in [0.25, 0.3) is 0 Å². The van der Waals surface area contributed by atoms with Crippen LogP contribution in [0, 0.1) is 0 Å². The lowest BCUT2D eigenvalue weighted by Crippen LogP contribution is -2.30. The highest BCUT2D eigenvalue weighted by molar-refractivity contribution is 7.99. The number of ether oxygens (including phenoxy) is 2. The van der Waals surface area contributed by atoms with Crippen molar-refractivity contribution in [2.75, 3.05) is 19.4 Å². The molecule has 0 bridgehead atoms. The summed E-state index contributed by atoms with van der Waals surface area (Å²) in [4.78, 5) is 15.0. The number of benzene rings is 3. The monoisotopic (exact) mass is 439 g/mol. The minimum absolute atomic E-state index is 0.0572. The van der Waals surface area contributed by atoms with Crippen LogP contribution < -0.4 is 9.47 Å². The fourth-order valence-electron chi connectivity index (χ4n) is 3.44. The second-order valence-corrected chi connectivity index (χ2v) is 8.48. The first kappa shape index (κ1) is 20.6. The first-order valence-corrected chi connectivity index (χ1v) is 11.1. The van der Waals surface area contributed by atoms with Crippen molar-refractivity contribution in [3.63, 3.8) is 0 Å². The second kappa shape index (κ2) is 9.45. The molecule has 0 radical (unpaired) electrons. The van der Waals surface area contributed by atoms with Crippen LogP contribution in [0.4, 0.5) is 0 Å². The molecule has 0 N–H and O–H groups in total. The highest BCUT2D eigenvalue weighted by atomic mass is 35.5. The Morgan fingerprint density at radius 3 is 2.60 bits per heavy atom. The van der Waals surface area contributed by atoms with Crippen LogP contribution in [0.1, 0.15) is 26.9 Å². The summed E-state index contributed by atoms with van der Waals surface area (Å²) in [6.07, 6.45) is 0. The molecule has 1 atom stereocenters. The SMILES string of the molecule is COc1ccc(C2SCCN2C(=O)c2ccccc2Cl)cc1OCc1ccccc1. The predicted molar refractivity (Wildman–Crippen MR) is 121 cm³/mol. The van der Waals surface area contributed by atoms with Gasteiger partial charge in [-0.05, 0) is 35.4 Å². The standard InChI is InChI=1S/C24H22ClNO3S/c1-28-21-12-11-18(15-22(21)29-16-17-7-3-2-4-8-17)24-26(13-14-30-24)23(27)19-9-5-6-10-20(19)25/h2-12,15,24H,13-14,16H2,1H3. The Bertz CT molecular complexity index is 1030. The quantitative estimate of drug-likeness (QED) is 0.485. The number of amides is 1. The molecule has 4 nitrogen and oxygen atoms in total. The Balaban J connectivity index is 1.58. The molecular formula is C24H22ClNO3S. The summed E-state index contributed by atoms with van der Waals surface area (Å²) < 4.78 is 11.5. The average molecular weight is 440 g/mol. The van der Waals surface area contributed by atoms with E-state index in [1.165, 1.54) is 0 Å². The van der Waals surface area contributed by atoms with Gasteiger partial charge in [0.2, 0.25) is 0 Å². The summed E-state index contributed by atoms with van der Waals surface area (Å²) in [7, 11) is 1.63. The molecule has 3 aromatic rings. The number of thioether (sulfide) groups is 1. The van der Waals surface area contributed by atoms with Gasteiger partial charge in [0.25, 0.3) is 5.91 Å². The molecule has 0 aliphatic carbocycles. The third-order valence-electron chi connectivity index (χ3n) is 4.97. The molecule has 1 saturated heterocycles. The number of carbonyl (C=O) groups is 1. The van der Waals surface area contributed by atoms with Gasteiger partial charge in [0.05, 0.1) is 17.7 Å². The summed E-state index contributed by atoms with van der Waals surface area (Å²) in [5.41, 5.74) is 2.61. The topological polar surface area (TPSA) is 38.8 Å². The van der Waals surface area contributed by atoms with Crippen molar-refractivity contribution < 1.29 is 14.3 Å². The Kier molecular flexibility index (Phi) is 6.50. The maximum absolute atomic E-state index is 13.1. The van der Waals surface area contributed by atoms with Crippen LogP contribution in [0.2, 0.25) is 5.02 Å². The van der Waals surface area contributed by atoms with Gasteiger partial charge < -0.3 is 14.4 Å². The van der Waals surface area contributed by atoms with Gasteiger partial charge in [-0.15, -0.1) is 11.8 Å². The lowest BCUT2D eigenvalue weighted by molar-refractivity contribution is 0.0760. The maximum atomic E-state index is 13.1. The third kappa shape index (κ3) is 4.42. The van der Waals surface area contributed by atoms with Crippen molar-refractivity contribution in [3.8, 4) is 11.5 Å². The van der Waals surface area contributed by atoms with Crippen LogP contribution in [0.15, 0.2) is 72.8 Å². The average Bonchev–Trinajstić information content (AvgIpc) is 3.28. The van der Waals surface area contributed by atoms with Crippen LogP contribution in [-0.2, 0) is 6.61 Å². The fraction of sp³-hybridized carbons (Fsp3) is 0.208. The van der Waals surface area contributed by atoms with Crippen molar-refractivity contribution in [2.24, 2.45) is 0 Å². The molecule has 1 aliphatic heterocycles. The van der Waals surface area contributed by atoms with E-state index in [1.807, 2.05) is 65.6 Å².